The van der Waals surface area contributed by atoms with Gasteiger partial charge in [-0.2, -0.15) is 0 Å². The zero-order valence-electron chi connectivity index (χ0n) is 17.4. The highest BCUT2D eigenvalue weighted by Crippen LogP contribution is 2.50. The molecule has 0 atom stereocenters. The van der Waals surface area contributed by atoms with Gasteiger partial charge in [0.1, 0.15) is 5.75 Å². The number of ether oxygens (including phenoxy) is 1. The quantitative estimate of drug-likeness (QED) is 0.592. The van der Waals surface area contributed by atoms with Crippen molar-refractivity contribution in [2.75, 3.05) is 38.2 Å². The van der Waals surface area contributed by atoms with E-state index >= 15 is 0 Å². The van der Waals surface area contributed by atoms with Gasteiger partial charge in [0.25, 0.3) is 0 Å². The van der Waals surface area contributed by atoms with Gasteiger partial charge < -0.3 is 19.1 Å². The molecule has 0 spiro atoms. The largest absolute Gasteiger partial charge is 0.497 e. The molecule has 7 heteroatoms. The molecule has 1 aliphatic heterocycles. The summed E-state index contributed by atoms with van der Waals surface area (Å²) in [5, 5.41) is 5.03. The summed E-state index contributed by atoms with van der Waals surface area (Å²) in [4.78, 5) is 17.6. The summed E-state index contributed by atoms with van der Waals surface area (Å²) in [6, 6.07) is 17.4. The first-order valence-corrected chi connectivity index (χ1v) is 10.9. The lowest BCUT2D eigenvalue weighted by Crippen LogP contribution is -2.51. The molecule has 2 aromatic carbocycles. The molecule has 5 rings (SSSR count). The smallest absolute Gasteiger partial charge is 0.235 e. The van der Waals surface area contributed by atoms with Gasteiger partial charge in [-0.25, -0.2) is 0 Å². The minimum atomic E-state index is -0.548. The van der Waals surface area contributed by atoms with E-state index in [1.807, 2.05) is 59.5 Å². The van der Waals surface area contributed by atoms with Gasteiger partial charge in [0.05, 0.1) is 28.9 Å². The Bertz CT molecular complexity index is 1100. The number of methoxy groups -OCH3 is 1. The molecule has 1 aromatic heterocycles. The molecule has 2 fully saturated rings. The van der Waals surface area contributed by atoms with Crippen LogP contribution in [0, 0.1) is 0 Å². The van der Waals surface area contributed by atoms with Crippen LogP contribution in [0.2, 0.25) is 5.02 Å². The van der Waals surface area contributed by atoms with Crippen LogP contribution in [0.4, 0.5) is 5.69 Å². The maximum atomic E-state index is 13.4. The van der Waals surface area contributed by atoms with Crippen LogP contribution in [0.5, 0.6) is 5.75 Å². The Morgan fingerprint density at radius 2 is 1.84 bits per heavy atom. The van der Waals surface area contributed by atoms with Crippen molar-refractivity contribution < 1.29 is 14.1 Å². The molecule has 31 heavy (non-hydrogen) atoms. The number of hydrogen-bond acceptors (Lipinski definition) is 5. The molecule has 1 saturated carbocycles. The summed E-state index contributed by atoms with van der Waals surface area (Å²) in [5.74, 6) is 1.55. The molecule has 2 aliphatic rings. The maximum absolute atomic E-state index is 13.4. The third kappa shape index (κ3) is 3.65. The van der Waals surface area contributed by atoms with Gasteiger partial charge in [0.2, 0.25) is 5.91 Å². The van der Waals surface area contributed by atoms with Crippen LogP contribution in [0.25, 0.3) is 11.3 Å². The van der Waals surface area contributed by atoms with Crippen LogP contribution in [0.15, 0.2) is 59.1 Å². The number of anilines is 1. The van der Waals surface area contributed by atoms with Crippen LogP contribution < -0.4 is 9.64 Å². The molecule has 160 valence electrons. The molecule has 6 nitrogen and oxygen atoms in total. The van der Waals surface area contributed by atoms with Crippen molar-refractivity contribution in [2.45, 2.75) is 18.3 Å². The molecule has 1 saturated heterocycles. The zero-order valence-corrected chi connectivity index (χ0v) is 18.1. The zero-order chi connectivity index (χ0) is 21.4. The average molecular weight is 438 g/mol. The monoisotopic (exact) mass is 437 g/mol. The predicted molar refractivity (Wildman–Crippen MR) is 120 cm³/mol. The standard InChI is InChI=1S/C24H24ClN3O3/c1-30-18-6-4-5-17(15-18)21-16-22(26-31-21)24(9-10-24)23(29)28-13-11-27(12-14-28)20-8-3-2-7-19(20)25/h2-8,15-16H,9-14H2,1H3. The number of rotatable bonds is 5. The first-order valence-electron chi connectivity index (χ1n) is 10.5. The highest BCUT2D eigenvalue weighted by Gasteiger charge is 2.55. The van der Waals surface area contributed by atoms with Crippen LogP contribution in [0.3, 0.4) is 0 Å². The third-order valence-corrected chi connectivity index (χ3v) is 6.59. The number of carbonyl (C=O) groups is 1. The highest BCUT2D eigenvalue weighted by molar-refractivity contribution is 6.33. The first kappa shape index (κ1) is 19.9. The fourth-order valence-electron chi connectivity index (χ4n) is 4.28. The molecular formula is C24H24ClN3O3. The van der Waals surface area contributed by atoms with Crippen molar-refractivity contribution in [1.29, 1.82) is 0 Å². The fourth-order valence-corrected chi connectivity index (χ4v) is 4.53. The van der Waals surface area contributed by atoms with Gasteiger partial charge in [-0.15, -0.1) is 0 Å². The minimum Gasteiger partial charge on any atom is -0.497 e. The molecule has 1 aliphatic carbocycles. The van der Waals surface area contributed by atoms with Crippen molar-refractivity contribution in [3.8, 4) is 17.1 Å². The molecule has 0 unspecified atom stereocenters. The van der Waals surface area contributed by atoms with E-state index < -0.39 is 5.41 Å². The first-order chi connectivity index (χ1) is 15.1. The summed E-state index contributed by atoms with van der Waals surface area (Å²) >= 11 is 6.34. The second-order valence-electron chi connectivity index (χ2n) is 8.12. The number of carbonyl (C=O) groups excluding carboxylic acids is 1. The number of piperazine rings is 1. The van der Waals surface area contributed by atoms with Crippen molar-refractivity contribution >= 4 is 23.2 Å². The SMILES string of the molecule is COc1cccc(-c2cc(C3(C(=O)N4CCN(c5ccccc5Cl)CC4)CC3)no2)c1. The number of halogens is 1. The number of nitrogens with zero attached hydrogens (tertiary/aromatic N) is 3. The molecule has 2 heterocycles. The molecule has 0 radical (unpaired) electrons. The van der Waals surface area contributed by atoms with Gasteiger partial charge >= 0.3 is 0 Å². The maximum Gasteiger partial charge on any atom is 0.235 e. The number of aromatic nitrogens is 1. The van der Waals surface area contributed by atoms with Gasteiger partial charge in [-0.05, 0) is 37.1 Å². The molecule has 0 bridgehead atoms. The molecular weight excluding hydrogens is 414 g/mol. The van der Waals surface area contributed by atoms with E-state index in [0.717, 1.165) is 53.6 Å². The van der Waals surface area contributed by atoms with E-state index in [2.05, 4.69) is 10.1 Å². The van der Waals surface area contributed by atoms with Crippen molar-refractivity contribution in [3.05, 3.63) is 65.3 Å². The van der Waals surface area contributed by atoms with E-state index in [-0.39, 0.29) is 5.91 Å². The van der Waals surface area contributed by atoms with E-state index in [4.69, 9.17) is 20.9 Å². The Balaban J connectivity index is 1.29. The van der Waals surface area contributed by atoms with Gasteiger partial charge in [0, 0.05) is 37.8 Å². The van der Waals surface area contributed by atoms with Crippen LogP contribution in [-0.4, -0.2) is 49.3 Å². The van der Waals surface area contributed by atoms with Crippen LogP contribution >= 0.6 is 11.6 Å². The Hall–Kier alpha value is -2.99. The van der Waals surface area contributed by atoms with E-state index in [1.165, 1.54) is 0 Å². The lowest BCUT2D eigenvalue weighted by molar-refractivity contribution is -0.134. The highest BCUT2D eigenvalue weighted by atomic mass is 35.5. The van der Waals surface area contributed by atoms with Crippen molar-refractivity contribution in [2.24, 2.45) is 0 Å². The van der Waals surface area contributed by atoms with E-state index in [0.29, 0.717) is 18.8 Å². The van der Waals surface area contributed by atoms with Crippen LogP contribution in [-0.2, 0) is 10.2 Å². The molecule has 0 N–H and O–H groups in total. The van der Waals surface area contributed by atoms with Crippen molar-refractivity contribution in [3.63, 3.8) is 0 Å². The second-order valence-corrected chi connectivity index (χ2v) is 8.53. The number of amides is 1. The van der Waals surface area contributed by atoms with Gasteiger partial charge in [-0.1, -0.05) is 41.0 Å². The summed E-state index contributed by atoms with van der Waals surface area (Å²) in [7, 11) is 1.63. The summed E-state index contributed by atoms with van der Waals surface area (Å²) < 4.78 is 10.9. The van der Waals surface area contributed by atoms with Gasteiger partial charge in [-0.3, -0.25) is 4.79 Å². The molecule has 1 amide bonds. The Labute approximate surface area is 186 Å². The fraction of sp³-hybridized carbons (Fsp3) is 0.333. The minimum absolute atomic E-state index is 0.150. The normalized spacial score (nSPS) is 17.5. The Morgan fingerprint density at radius 3 is 2.55 bits per heavy atom. The third-order valence-electron chi connectivity index (χ3n) is 6.27. The topological polar surface area (TPSA) is 58.8 Å². The predicted octanol–water partition coefficient (Wildman–Crippen LogP) is 4.38. The van der Waals surface area contributed by atoms with Crippen LogP contribution in [0.1, 0.15) is 18.5 Å². The summed E-state index contributed by atoms with van der Waals surface area (Å²) in [5.41, 5.74) is 2.09. The summed E-state index contributed by atoms with van der Waals surface area (Å²) in [6.07, 6.45) is 1.61. The van der Waals surface area contributed by atoms with Crippen molar-refractivity contribution in [1.82, 2.24) is 10.1 Å². The number of para-hydroxylation sites is 1. The Morgan fingerprint density at radius 1 is 1.06 bits per heavy atom. The van der Waals surface area contributed by atoms with Gasteiger partial charge in [0.15, 0.2) is 5.76 Å². The van der Waals surface area contributed by atoms with E-state index in [1.54, 1.807) is 7.11 Å². The molecule has 3 aromatic rings. The lowest BCUT2D eigenvalue weighted by atomic mass is 9.99. The summed E-state index contributed by atoms with van der Waals surface area (Å²) in [6.45, 7) is 2.87. The number of benzene rings is 2. The Kier molecular flexibility index (Phi) is 5.10. The number of hydrogen-bond donors (Lipinski definition) is 0. The second kappa shape index (κ2) is 7.93. The van der Waals surface area contributed by atoms with E-state index in [9.17, 15) is 4.79 Å². The average Bonchev–Trinajstić information content (AvgIpc) is 3.48. The lowest BCUT2D eigenvalue weighted by Gasteiger charge is -2.37.